The van der Waals surface area contributed by atoms with Gasteiger partial charge in [0.2, 0.25) is 0 Å². The van der Waals surface area contributed by atoms with E-state index in [0.29, 0.717) is 5.75 Å². The number of hydrogen-bond donors (Lipinski definition) is 2. The number of amides is 3. The topological polar surface area (TPSA) is 95.9 Å². The summed E-state index contributed by atoms with van der Waals surface area (Å²) in [6.07, 6.45) is 0. The Labute approximate surface area is 138 Å². The van der Waals surface area contributed by atoms with Gasteiger partial charge in [-0.15, -0.1) is 11.8 Å². The van der Waals surface area contributed by atoms with Gasteiger partial charge in [0, 0.05) is 17.7 Å². The lowest BCUT2D eigenvalue weighted by atomic mass is 9.87. The minimum Gasteiger partial charge on any atom is -0.497 e. The van der Waals surface area contributed by atoms with E-state index in [1.54, 1.807) is 19.2 Å². The van der Waals surface area contributed by atoms with Gasteiger partial charge in [-0.25, -0.2) is 4.79 Å². The number of aliphatic carboxylic acids is 1. The first-order valence-corrected chi connectivity index (χ1v) is 7.88. The number of carbonyl (C=O) groups excluding carboxylic acids is 2. The van der Waals surface area contributed by atoms with Crippen molar-refractivity contribution in [1.29, 1.82) is 0 Å². The van der Waals surface area contributed by atoms with Gasteiger partial charge in [0.15, 0.2) is 0 Å². The average molecular weight is 338 g/mol. The van der Waals surface area contributed by atoms with Crippen LogP contribution in [-0.2, 0) is 9.59 Å². The highest BCUT2D eigenvalue weighted by Crippen LogP contribution is 2.31. The molecule has 0 radical (unpaired) electrons. The molecule has 0 saturated carbocycles. The Morgan fingerprint density at radius 2 is 2.00 bits per heavy atom. The maximum Gasteiger partial charge on any atom is 0.324 e. The highest BCUT2D eigenvalue weighted by molar-refractivity contribution is 7.99. The van der Waals surface area contributed by atoms with Crippen LogP contribution in [0, 0.1) is 5.92 Å². The molecule has 0 bridgehead atoms. The van der Waals surface area contributed by atoms with Crippen molar-refractivity contribution in [2.24, 2.45) is 5.92 Å². The van der Waals surface area contributed by atoms with Gasteiger partial charge in [0.1, 0.15) is 11.3 Å². The van der Waals surface area contributed by atoms with Crippen molar-refractivity contribution in [3.8, 4) is 5.75 Å². The number of hydrogen-bond acceptors (Lipinski definition) is 5. The smallest absolute Gasteiger partial charge is 0.324 e. The number of methoxy groups -OCH3 is 1. The molecule has 1 fully saturated rings. The molecule has 1 saturated heterocycles. The molecule has 2 unspecified atom stereocenters. The number of carbonyl (C=O) groups is 3. The second-order valence-electron chi connectivity index (χ2n) is 5.37. The number of urea groups is 1. The van der Waals surface area contributed by atoms with Crippen LogP contribution in [0.5, 0.6) is 5.75 Å². The summed E-state index contributed by atoms with van der Waals surface area (Å²) in [5, 5.41) is 12.0. The Morgan fingerprint density at radius 1 is 1.39 bits per heavy atom. The molecule has 1 aromatic rings. The zero-order valence-corrected chi connectivity index (χ0v) is 13.8. The van der Waals surface area contributed by atoms with E-state index in [-0.39, 0.29) is 5.75 Å². The quantitative estimate of drug-likeness (QED) is 0.602. The molecule has 8 heteroatoms. The van der Waals surface area contributed by atoms with Crippen LogP contribution in [0.4, 0.5) is 4.79 Å². The summed E-state index contributed by atoms with van der Waals surface area (Å²) in [6, 6.07) is 6.59. The molecule has 1 heterocycles. The van der Waals surface area contributed by atoms with Crippen LogP contribution in [-0.4, -0.2) is 53.4 Å². The van der Waals surface area contributed by atoms with Crippen molar-refractivity contribution in [2.75, 3.05) is 19.9 Å². The molecular formula is C15H18N2O5S. The van der Waals surface area contributed by atoms with Crippen LogP contribution < -0.4 is 10.1 Å². The third kappa shape index (κ3) is 3.26. The Hall–Kier alpha value is -2.22. The second kappa shape index (κ2) is 6.49. The third-order valence-electron chi connectivity index (χ3n) is 3.89. The summed E-state index contributed by atoms with van der Waals surface area (Å²) in [7, 11) is 2.90. The molecule has 0 aromatic heterocycles. The maximum atomic E-state index is 12.2. The molecule has 0 aliphatic carbocycles. The maximum absolute atomic E-state index is 12.2. The van der Waals surface area contributed by atoms with E-state index in [4.69, 9.17) is 4.74 Å². The minimum absolute atomic E-state index is 0.151. The number of carboxylic acids is 1. The van der Waals surface area contributed by atoms with E-state index < -0.39 is 29.4 Å². The fraction of sp³-hybridized carbons (Fsp3) is 0.400. The Balaban J connectivity index is 2.14. The first-order chi connectivity index (χ1) is 10.8. The predicted octanol–water partition coefficient (Wildman–Crippen LogP) is 1.43. The molecule has 2 N–H and O–H groups in total. The van der Waals surface area contributed by atoms with Crippen molar-refractivity contribution in [3.63, 3.8) is 0 Å². The van der Waals surface area contributed by atoms with Gasteiger partial charge < -0.3 is 15.2 Å². The summed E-state index contributed by atoms with van der Waals surface area (Å²) in [6.45, 7) is 1.45. The number of ether oxygens (including phenoxy) is 1. The summed E-state index contributed by atoms with van der Waals surface area (Å²) in [4.78, 5) is 37.3. The fourth-order valence-electron chi connectivity index (χ4n) is 2.37. The molecule has 2 rings (SSSR count). The monoisotopic (exact) mass is 338 g/mol. The summed E-state index contributed by atoms with van der Waals surface area (Å²) in [5.74, 6) is -1.85. The Bertz CT molecular complexity index is 633. The molecule has 124 valence electrons. The van der Waals surface area contributed by atoms with Gasteiger partial charge in [-0.1, -0.05) is 0 Å². The van der Waals surface area contributed by atoms with Gasteiger partial charge in [-0.05, 0) is 31.2 Å². The molecule has 1 aliphatic heterocycles. The average Bonchev–Trinajstić information content (AvgIpc) is 2.71. The molecule has 2 atom stereocenters. The summed E-state index contributed by atoms with van der Waals surface area (Å²) >= 11 is 1.31. The van der Waals surface area contributed by atoms with Crippen molar-refractivity contribution in [1.82, 2.24) is 10.2 Å². The molecular weight excluding hydrogens is 320 g/mol. The highest BCUT2D eigenvalue weighted by atomic mass is 32.2. The largest absolute Gasteiger partial charge is 0.497 e. The Morgan fingerprint density at radius 3 is 2.43 bits per heavy atom. The SMILES string of the molecule is COc1ccc(SCC(C(=O)O)C2(C)NC(=O)N(C)C2=O)cc1. The van der Waals surface area contributed by atoms with Crippen molar-refractivity contribution < 1.29 is 24.2 Å². The summed E-state index contributed by atoms with van der Waals surface area (Å²) < 4.78 is 5.07. The van der Waals surface area contributed by atoms with Crippen LogP contribution in [0.25, 0.3) is 0 Å². The number of carboxylic acid groups (broad SMARTS) is 1. The first kappa shape index (κ1) is 17.1. The normalized spacial score (nSPS) is 22.0. The summed E-state index contributed by atoms with van der Waals surface area (Å²) in [5.41, 5.74) is -1.45. The third-order valence-corrected chi connectivity index (χ3v) is 5.00. The number of benzene rings is 1. The van der Waals surface area contributed by atoms with Crippen molar-refractivity contribution >= 4 is 29.7 Å². The van der Waals surface area contributed by atoms with Crippen LogP contribution in [0.3, 0.4) is 0 Å². The van der Waals surface area contributed by atoms with E-state index >= 15 is 0 Å². The highest BCUT2D eigenvalue weighted by Gasteiger charge is 2.53. The second-order valence-corrected chi connectivity index (χ2v) is 6.47. The van der Waals surface area contributed by atoms with Crippen molar-refractivity contribution in [2.45, 2.75) is 17.4 Å². The Kier molecular flexibility index (Phi) is 4.84. The van der Waals surface area contributed by atoms with Crippen LogP contribution >= 0.6 is 11.8 Å². The number of nitrogens with zero attached hydrogens (tertiary/aromatic N) is 1. The molecule has 3 amide bonds. The lowest BCUT2D eigenvalue weighted by molar-refractivity contribution is -0.147. The minimum atomic E-state index is -1.45. The number of nitrogens with one attached hydrogen (secondary N) is 1. The molecule has 1 aliphatic rings. The van der Waals surface area contributed by atoms with Crippen LogP contribution in [0.2, 0.25) is 0 Å². The number of imide groups is 1. The zero-order chi connectivity index (χ0) is 17.2. The number of rotatable bonds is 6. The van der Waals surface area contributed by atoms with Gasteiger partial charge in [-0.3, -0.25) is 14.5 Å². The van der Waals surface area contributed by atoms with E-state index in [0.717, 1.165) is 9.80 Å². The predicted molar refractivity (Wildman–Crippen MR) is 84.6 cm³/mol. The molecule has 1 aromatic carbocycles. The van der Waals surface area contributed by atoms with Gasteiger partial charge in [-0.2, -0.15) is 0 Å². The molecule has 0 spiro atoms. The lowest BCUT2D eigenvalue weighted by Gasteiger charge is -2.28. The zero-order valence-electron chi connectivity index (χ0n) is 13.0. The van der Waals surface area contributed by atoms with Gasteiger partial charge in [0.25, 0.3) is 5.91 Å². The van der Waals surface area contributed by atoms with E-state index in [1.807, 2.05) is 12.1 Å². The number of thioether (sulfide) groups is 1. The fourth-order valence-corrected chi connectivity index (χ4v) is 3.54. The van der Waals surface area contributed by atoms with Crippen molar-refractivity contribution in [3.05, 3.63) is 24.3 Å². The lowest BCUT2D eigenvalue weighted by Crippen LogP contribution is -2.54. The van der Waals surface area contributed by atoms with E-state index in [2.05, 4.69) is 5.32 Å². The van der Waals surface area contributed by atoms with E-state index in [1.165, 1.54) is 25.7 Å². The molecule has 23 heavy (non-hydrogen) atoms. The van der Waals surface area contributed by atoms with E-state index in [9.17, 15) is 19.5 Å². The van der Waals surface area contributed by atoms with Gasteiger partial charge in [0.05, 0.1) is 13.0 Å². The van der Waals surface area contributed by atoms with Crippen LogP contribution in [0.1, 0.15) is 6.92 Å². The van der Waals surface area contributed by atoms with Crippen LogP contribution in [0.15, 0.2) is 29.2 Å². The first-order valence-electron chi connectivity index (χ1n) is 6.89. The standard InChI is InChI=1S/C15H18N2O5S/c1-15(13(20)17(2)14(21)16-15)11(12(18)19)8-23-10-6-4-9(22-3)5-7-10/h4-7,11H,8H2,1-3H3,(H,16,21)(H,18,19). The number of likely N-dealkylation sites (N-methyl/N-ethyl adjacent to an activating group) is 1. The van der Waals surface area contributed by atoms with Gasteiger partial charge >= 0.3 is 12.0 Å². The molecule has 7 nitrogen and oxygen atoms in total.